The van der Waals surface area contributed by atoms with Crippen LogP contribution in [0.15, 0.2) is 282 Å². The zero-order chi connectivity index (χ0) is 106. The van der Waals surface area contributed by atoms with Crippen LogP contribution in [0.2, 0.25) is 0 Å². The molecule has 0 spiro atoms. The number of hydrogen-bond donors (Lipinski definition) is 3. The highest BCUT2D eigenvalue weighted by Gasteiger charge is 2.64. The number of aryl methyl sites for hydroxylation is 6. The van der Waals surface area contributed by atoms with E-state index in [4.69, 9.17) is 37.8 Å². The maximum Gasteiger partial charge on any atom is 0.494 e. The minimum absolute atomic E-state index is 0.360. The number of halogens is 2. The van der Waals surface area contributed by atoms with Gasteiger partial charge in [0.15, 0.2) is 0 Å². The summed E-state index contributed by atoms with van der Waals surface area (Å²) in [5.41, 5.74) is 19.2. The van der Waals surface area contributed by atoms with E-state index in [9.17, 15) is 10.2 Å². The van der Waals surface area contributed by atoms with Crippen molar-refractivity contribution >= 4 is 108 Å². The summed E-state index contributed by atoms with van der Waals surface area (Å²) in [4.78, 5) is 9.00. The van der Waals surface area contributed by atoms with E-state index in [1.807, 2.05) is 97.9 Å². The molecule has 18 rings (SSSR count). The van der Waals surface area contributed by atoms with Crippen LogP contribution < -0.4 is 5.46 Å². The van der Waals surface area contributed by atoms with Gasteiger partial charge in [-0.05, 0) is 339 Å². The molecule has 0 amide bonds. The quantitative estimate of drug-likeness (QED) is 0.0195. The van der Waals surface area contributed by atoms with Crippen molar-refractivity contribution in [3.63, 3.8) is 0 Å². The van der Waals surface area contributed by atoms with Crippen LogP contribution in [0.25, 0.3) is 87.6 Å². The van der Waals surface area contributed by atoms with Gasteiger partial charge in [-0.1, -0.05) is 438 Å². The lowest BCUT2D eigenvalue weighted by Crippen LogP contribution is -2.44. The zero-order valence-electron chi connectivity index (χ0n) is 92.9. The average molecular weight is 2130 g/mol. The van der Waals surface area contributed by atoms with Crippen molar-refractivity contribution in [1.82, 2.24) is 0 Å². The lowest BCUT2D eigenvalue weighted by molar-refractivity contribution is -0.134. The third-order valence-electron chi connectivity index (χ3n) is 32.4. The van der Waals surface area contributed by atoms with Crippen molar-refractivity contribution in [2.75, 3.05) is 0 Å². The second-order valence-electron chi connectivity index (χ2n) is 45.1. The molecule has 2 atom stereocenters. The van der Waals surface area contributed by atoms with Crippen LogP contribution in [-0.4, -0.2) is 76.0 Å². The summed E-state index contributed by atoms with van der Waals surface area (Å²) >= 11 is 7.43. The number of fused-ring (bicyclic) bond motifs is 6. The highest BCUT2D eigenvalue weighted by molar-refractivity contribution is 9.10. The minimum atomic E-state index is -1.40. The van der Waals surface area contributed by atoms with Gasteiger partial charge >= 0.3 is 21.1 Å². The Morgan fingerprint density at radius 1 is 0.255 bits per heavy atom. The number of rotatable bonds is 38. The summed E-state index contributed by atoms with van der Waals surface area (Å²) in [5, 5.41) is 43.2. The summed E-state index contributed by atoms with van der Waals surface area (Å²) in [6.45, 7) is 39.4. The molecule has 1 aliphatic carbocycles. The molecule has 2 unspecified atom stereocenters. The molecule has 3 aliphatic heterocycles. The summed E-state index contributed by atoms with van der Waals surface area (Å²) in [7, 11) is -1.36. The van der Waals surface area contributed by atoms with E-state index in [1.165, 1.54) is 288 Å². The second-order valence-corrected chi connectivity index (χ2v) is 47.0. The Morgan fingerprint density at radius 3 is 0.779 bits per heavy atom. The van der Waals surface area contributed by atoms with Crippen molar-refractivity contribution < 1.29 is 48.0 Å². The van der Waals surface area contributed by atoms with E-state index >= 15 is 0 Å². The van der Waals surface area contributed by atoms with Gasteiger partial charge in [-0.2, -0.15) is 0 Å². The highest BCUT2D eigenvalue weighted by atomic mass is 79.9. The van der Waals surface area contributed by atoms with E-state index in [0.29, 0.717) is 16.7 Å². The van der Waals surface area contributed by atoms with Crippen LogP contribution in [0, 0.1) is 0 Å². The van der Waals surface area contributed by atoms with E-state index < -0.39 is 49.5 Å². The Kier molecular flexibility index (Phi) is 40.1. The predicted octanol–water partition coefficient (Wildman–Crippen LogP) is 36.1. The van der Waals surface area contributed by atoms with E-state index in [1.54, 1.807) is 0 Å². The Hall–Kier alpha value is -9.58. The molecule has 0 radical (unpaired) electrons. The number of carbonyl (C=O) groups is 1. The van der Waals surface area contributed by atoms with Gasteiger partial charge in [-0.15, -0.1) is 0 Å². The van der Waals surface area contributed by atoms with E-state index in [0.717, 1.165) is 63.7 Å². The first-order chi connectivity index (χ1) is 71.4. The molecule has 15 heteroatoms. The van der Waals surface area contributed by atoms with Crippen LogP contribution in [0.5, 0.6) is 0 Å². The Labute approximate surface area is 910 Å². The van der Waals surface area contributed by atoms with Crippen molar-refractivity contribution in [2.24, 2.45) is 0 Å². The number of unbranched alkanes of at least 4 members (excludes halogenated alkanes) is 18. The first-order valence-electron chi connectivity index (χ1n) is 56.3. The fourth-order valence-electron chi connectivity index (χ4n) is 21.6. The van der Waals surface area contributed by atoms with Gasteiger partial charge in [-0.25, -0.2) is 0 Å². The molecular weight excluding hydrogens is 1960 g/mol. The number of benzene rings is 14. The number of aliphatic hydroxyl groups is 2. The molecule has 3 fully saturated rings. The molecule has 0 bridgehead atoms. The zero-order valence-corrected chi connectivity index (χ0v) is 96.1. The molecule has 784 valence electrons. The lowest BCUT2D eigenvalue weighted by atomic mass is 9.49. The SMILES string of the molecule is CC(=O)O.CC1(C)OB(B2OC(C)(C)C(C)(C)O2)OC1(C)C.CCCCCCc1ccc(-c2c3ccccc3c(-c3ccc(CCCCCC)cc3)c3cc(B4OC(C)(C)C(C)(C)O4)ccc23)cc1.CCCCCCc1ccc(-c2c3ccccc3c(-c3ccc(CCCCCC)cc3)c3cc(Br)ccc23)cc1.CCCCCCc1ccc(C2(O)c3ccccc3C(O)(c3ccc(CCCCCC)cc3)c3cc(Br)ccc32)cc1. The van der Waals surface area contributed by atoms with Gasteiger partial charge in [0.2, 0.25) is 0 Å². The fraction of sp³-hybridized carbons (Fsp3) is 0.425. The van der Waals surface area contributed by atoms with Crippen LogP contribution in [0.1, 0.15) is 352 Å². The molecule has 3 saturated heterocycles. The number of hydrogen-bond acceptors (Lipinski definition) is 9. The number of carboxylic acids is 1. The molecule has 10 nitrogen and oxygen atoms in total. The summed E-state index contributed by atoms with van der Waals surface area (Å²) in [6.07, 6.45) is 37.3. The Bertz CT molecular complexity index is 6650. The Morgan fingerprint density at radius 2 is 0.483 bits per heavy atom. The minimum Gasteiger partial charge on any atom is -0.481 e. The van der Waals surface area contributed by atoms with Crippen molar-refractivity contribution in [3.05, 3.63) is 349 Å². The smallest absolute Gasteiger partial charge is 0.481 e. The normalized spacial score (nSPS) is 17.3. The lowest BCUT2D eigenvalue weighted by Gasteiger charge is -2.45. The molecule has 14 aromatic carbocycles. The molecule has 4 aliphatic rings. The van der Waals surface area contributed by atoms with Gasteiger partial charge in [0, 0.05) is 21.4 Å². The maximum atomic E-state index is 12.7. The van der Waals surface area contributed by atoms with Crippen LogP contribution in [-0.2, 0) is 82.4 Å². The van der Waals surface area contributed by atoms with Gasteiger partial charge < -0.3 is 43.2 Å². The molecule has 14 aromatic rings. The molecule has 3 N–H and O–H groups in total. The van der Waals surface area contributed by atoms with Crippen molar-refractivity contribution in [3.8, 4) is 44.5 Å². The summed E-state index contributed by atoms with van der Waals surface area (Å²) in [5.74, 6) is -0.833. The maximum absolute atomic E-state index is 12.7. The predicted molar refractivity (Wildman–Crippen MR) is 638 cm³/mol. The topological polar surface area (TPSA) is 133 Å². The third kappa shape index (κ3) is 27.3. The number of aliphatic carboxylic acids is 1. The first-order valence-corrected chi connectivity index (χ1v) is 57.8. The fourth-order valence-corrected chi connectivity index (χ4v) is 22.3. The summed E-state index contributed by atoms with van der Waals surface area (Å²) < 4.78 is 38.9. The average Bonchev–Trinajstić information content (AvgIpc) is 1.67. The van der Waals surface area contributed by atoms with Gasteiger partial charge in [-0.3, -0.25) is 4.79 Å². The van der Waals surface area contributed by atoms with Crippen LogP contribution in [0.4, 0.5) is 0 Å². The van der Waals surface area contributed by atoms with Gasteiger partial charge in [0.1, 0.15) is 11.2 Å². The second kappa shape index (κ2) is 51.9. The van der Waals surface area contributed by atoms with Crippen molar-refractivity contribution in [1.29, 1.82) is 0 Å². The van der Waals surface area contributed by atoms with Gasteiger partial charge in [0.05, 0.1) is 33.6 Å². The molecular formula is C134H165B3Br2O10. The monoisotopic (exact) mass is 2130 g/mol. The highest BCUT2D eigenvalue weighted by Crippen LogP contribution is 2.55. The molecule has 0 saturated carbocycles. The largest absolute Gasteiger partial charge is 0.494 e. The standard InChI is InChI=1S/C44H53BO2.C38H43BrO2.C38H41Br.C12H24B2O4.C2H4O2/c1-7-9-11-13-17-32-21-25-34(26-22-32)41-37-19-15-16-20-38(37)42(35-27-23-33(24-28-35)18-14-12-10-8-2)40-31-36(29-30-39(40)41)45-46-43(3,4)44(5,6)47-45;1-3-5-7-9-13-28-17-21-30(22-18-28)37(40)33-15-11-12-16-34(33)38(41,36-27-32(39)25-26-35(36)37)31-23-19-29(20-24-31)14-10-8-6-4-2;1-3-5-7-9-13-28-17-21-30(22-18-28)37-33-15-11-12-16-34(33)38(36-27-32(39)25-26-35(36)37)31-23-19-29(20-24-31)14-10-8-6-4-2;1-9(2)10(3,4)16-13(15-9)14-17-11(5,6)12(7,8)18-14;1-2(3)4/h15-16,19-31H,7-14,17-18H2,1-6H3;11-12,15-27,40-41H,3-10,13-14H2,1-2H3;11-12,15-27H,3-10,13-14H2,1-2H3;1-8H3;1H3,(H,3,4). The number of carboxylic acid groups (broad SMARTS) is 1. The van der Waals surface area contributed by atoms with E-state index in [-0.39, 0.29) is 22.4 Å². The van der Waals surface area contributed by atoms with Gasteiger partial charge in [0.25, 0.3) is 5.97 Å². The van der Waals surface area contributed by atoms with Crippen LogP contribution in [0.3, 0.4) is 0 Å². The summed E-state index contributed by atoms with van der Waals surface area (Å²) in [6, 6.07) is 99.6. The molecule has 0 aromatic heterocycles. The van der Waals surface area contributed by atoms with Crippen molar-refractivity contribution in [2.45, 2.75) is 369 Å². The van der Waals surface area contributed by atoms with E-state index in [2.05, 4.69) is 332 Å². The first kappa shape index (κ1) is 115. The molecule has 3 heterocycles. The van der Waals surface area contributed by atoms with Crippen LogP contribution >= 0.6 is 31.9 Å². The third-order valence-corrected chi connectivity index (χ3v) is 33.4. The Balaban J connectivity index is 0.000000160. The molecule has 149 heavy (non-hydrogen) atoms.